The van der Waals surface area contributed by atoms with Crippen molar-refractivity contribution in [3.63, 3.8) is 0 Å². The van der Waals surface area contributed by atoms with Gasteiger partial charge in [0.1, 0.15) is 17.1 Å². The summed E-state index contributed by atoms with van der Waals surface area (Å²) in [5.74, 6) is -0.895. The lowest BCUT2D eigenvalue weighted by molar-refractivity contribution is -0.137. The number of halogens is 1. The Morgan fingerprint density at radius 1 is 1.33 bits per heavy atom. The Morgan fingerprint density at radius 3 is 2.56 bits per heavy atom. The Bertz CT molecular complexity index is 1060. The average molecular weight is 603 g/mol. The second-order valence-corrected chi connectivity index (χ2v) is 19.4. The van der Waals surface area contributed by atoms with Crippen LogP contribution in [0.15, 0.2) is 21.7 Å². The van der Waals surface area contributed by atoms with Crippen molar-refractivity contribution >= 4 is 53.0 Å². The second kappa shape index (κ2) is 10.3. The van der Waals surface area contributed by atoms with Crippen LogP contribution in [0.2, 0.25) is 25.7 Å². The molecule has 1 aromatic heterocycles. The van der Waals surface area contributed by atoms with E-state index >= 15 is 0 Å². The van der Waals surface area contributed by atoms with Gasteiger partial charge in [0.15, 0.2) is 5.17 Å². The van der Waals surface area contributed by atoms with E-state index in [-0.39, 0.29) is 17.8 Å². The molecule has 1 amide bonds. The Kier molecular flexibility index (Phi) is 8.25. The van der Waals surface area contributed by atoms with Crippen molar-refractivity contribution in [2.75, 3.05) is 20.4 Å². The van der Waals surface area contributed by atoms with Gasteiger partial charge in [-0.05, 0) is 62.2 Å². The highest BCUT2D eigenvalue weighted by atomic mass is 79.9. The molecule has 1 fully saturated rings. The number of carboxylic acids is 1. The molecule has 0 saturated heterocycles. The number of aromatic nitrogens is 1. The molecule has 1 aromatic rings. The largest absolute Gasteiger partial charge is 0.481 e. The zero-order chi connectivity index (χ0) is 27.1. The number of hydrogen-bond donors (Lipinski definition) is 1. The van der Waals surface area contributed by atoms with Crippen molar-refractivity contribution in [3.8, 4) is 5.88 Å². The van der Waals surface area contributed by atoms with Gasteiger partial charge in [0.05, 0.1) is 12.6 Å². The number of methoxy groups -OCH3 is 1. The summed E-state index contributed by atoms with van der Waals surface area (Å²) in [6.45, 7) is 14.4. The summed E-state index contributed by atoms with van der Waals surface area (Å²) in [7, 11) is 0.169. The van der Waals surface area contributed by atoms with Crippen molar-refractivity contribution < 1.29 is 28.9 Å². The maximum Gasteiger partial charge on any atom is 0.418 e. The lowest BCUT2D eigenvalue weighted by atomic mass is 9.86. The van der Waals surface area contributed by atoms with Gasteiger partial charge in [-0.1, -0.05) is 31.4 Å². The van der Waals surface area contributed by atoms with E-state index in [1.807, 2.05) is 13.0 Å². The highest BCUT2D eigenvalue weighted by Crippen LogP contribution is 2.67. The predicted octanol–water partition coefficient (Wildman–Crippen LogP) is 5.56. The molecule has 2 aliphatic rings. The number of fused-ring (bicyclic) bond motifs is 1. The van der Waals surface area contributed by atoms with Crippen LogP contribution in [-0.2, 0) is 19.8 Å². The van der Waals surface area contributed by atoms with E-state index in [0.29, 0.717) is 24.5 Å². The number of rotatable bonds is 8. The van der Waals surface area contributed by atoms with Crippen LogP contribution >= 0.6 is 27.7 Å². The predicted molar refractivity (Wildman–Crippen MR) is 146 cm³/mol. The fourth-order valence-electron chi connectivity index (χ4n) is 4.10. The van der Waals surface area contributed by atoms with Crippen LogP contribution in [-0.4, -0.2) is 71.1 Å². The summed E-state index contributed by atoms with van der Waals surface area (Å²) < 4.78 is 16.7. The second-order valence-electron chi connectivity index (χ2n) is 11.6. The van der Waals surface area contributed by atoms with Gasteiger partial charge >= 0.3 is 12.1 Å². The minimum Gasteiger partial charge on any atom is -0.481 e. The highest BCUT2D eigenvalue weighted by Gasteiger charge is 2.72. The Labute approximate surface area is 226 Å². The first-order chi connectivity index (χ1) is 16.5. The van der Waals surface area contributed by atoms with Gasteiger partial charge in [-0.25, -0.2) is 14.7 Å². The lowest BCUT2D eigenvalue weighted by Gasteiger charge is -2.37. The van der Waals surface area contributed by atoms with Crippen LogP contribution in [0.25, 0.3) is 0 Å². The topological polar surface area (TPSA) is 111 Å². The number of hydrogen-bond acceptors (Lipinski definition) is 8. The van der Waals surface area contributed by atoms with Crippen molar-refractivity contribution in [2.24, 2.45) is 10.9 Å². The van der Waals surface area contributed by atoms with E-state index < -0.39 is 36.0 Å². The number of amides is 1. The molecule has 1 N–H and O–H groups in total. The number of carbonyl (C=O) groups is 2. The molecule has 3 rings (SSSR count). The number of pyridine rings is 1. The number of thioether (sulfide) groups is 1. The molecule has 200 valence electrons. The van der Waals surface area contributed by atoms with Gasteiger partial charge in [-0.15, -0.1) is 0 Å². The first-order valence-electron chi connectivity index (χ1n) is 11.8. The summed E-state index contributed by atoms with van der Waals surface area (Å²) in [5.41, 5.74) is -1.10. The first-order valence-corrected chi connectivity index (χ1v) is 17.1. The maximum atomic E-state index is 13.3. The van der Waals surface area contributed by atoms with E-state index in [1.54, 1.807) is 27.0 Å². The Hall–Kier alpha value is -1.63. The number of ether oxygens (including phenoxy) is 3. The molecule has 36 heavy (non-hydrogen) atoms. The molecule has 0 spiro atoms. The third-order valence-electron chi connectivity index (χ3n) is 6.17. The van der Waals surface area contributed by atoms with Crippen LogP contribution < -0.4 is 4.74 Å². The van der Waals surface area contributed by atoms with Crippen LogP contribution in [0.1, 0.15) is 39.7 Å². The highest BCUT2D eigenvalue weighted by molar-refractivity contribution is 9.10. The molecular weight excluding hydrogens is 566 g/mol. The summed E-state index contributed by atoms with van der Waals surface area (Å²) in [5, 5.41) is 10.5. The molecule has 1 aliphatic heterocycles. The molecule has 1 saturated carbocycles. The maximum absolute atomic E-state index is 13.3. The molecule has 0 aromatic carbocycles. The number of carbonyl (C=O) groups excluding carboxylic acids is 1. The standard InChI is InChI=1S/C24H36BrN3O6SSi/c1-22(2,3)34-21(31)28(14-33-9-10-36(6,7)8)20-27-23(4,17-12-24(17,35-20)19(29)30)16-11-15(25)13-26-18(16)32-5/h11,13,17H,9-10,12,14H2,1-8H3,(H,29,30)/t17-,23+,24-/m0/s1. The van der Waals surface area contributed by atoms with Gasteiger partial charge < -0.3 is 19.3 Å². The van der Waals surface area contributed by atoms with Gasteiger partial charge in [-0.2, -0.15) is 0 Å². The molecular formula is C24H36BrN3O6SSi. The Balaban J connectivity index is 2.05. The molecule has 0 unspecified atom stereocenters. The zero-order valence-electron chi connectivity index (χ0n) is 22.2. The van der Waals surface area contributed by atoms with E-state index in [0.717, 1.165) is 22.3 Å². The van der Waals surface area contributed by atoms with Crippen molar-refractivity contribution in [1.29, 1.82) is 0 Å². The van der Waals surface area contributed by atoms with Crippen LogP contribution in [0.4, 0.5) is 4.79 Å². The molecule has 9 nitrogen and oxygen atoms in total. The average Bonchev–Trinajstić information content (AvgIpc) is 3.49. The minimum atomic E-state index is -1.35. The molecule has 0 radical (unpaired) electrons. The number of aliphatic carboxylic acids is 1. The summed E-state index contributed by atoms with van der Waals surface area (Å²) in [6, 6.07) is 2.77. The van der Waals surface area contributed by atoms with Crippen LogP contribution in [0.3, 0.4) is 0 Å². The van der Waals surface area contributed by atoms with E-state index in [1.165, 1.54) is 12.0 Å². The molecule has 1 aliphatic carbocycles. The smallest absolute Gasteiger partial charge is 0.418 e. The van der Waals surface area contributed by atoms with Crippen molar-refractivity contribution in [3.05, 3.63) is 22.3 Å². The van der Waals surface area contributed by atoms with Gasteiger partial charge in [-0.3, -0.25) is 9.79 Å². The molecule has 0 bridgehead atoms. The van der Waals surface area contributed by atoms with Crippen LogP contribution in [0, 0.1) is 5.92 Å². The molecule has 12 heteroatoms. The van der Waals surface area contributed by atoms with Crippen molar-refractivity contribution in [2.45, 2.75) is 75.7 Å². The first kappa shape index (κ1) is 28.9. The van der Waals surface area contributed by atoms with Gasteiger partial charge in [0.25, 0.3) is 0 Å². The normalized spacial score (nSPS) is 25.5. The minimum absolute atomic E-state index is 0.0878. The fourth-order valence-corrected chi connectivity index (χ4v) is 6.70. The quantitative estimate of drug-likeness (QED) is 0.234. The number of nitrogens with zero attached hydrogens (tertiary/aromatic N) is 3. The van der Waals surface area contributed by atoms with Crippen molar-refractivity contribution in [1.82, 2.24) is 9.88 Å². The monoisotopic (exact) mass is 601 g/mol. The van der Waals surface area contributed by atoms with E-state index in [9.17, 15) is 14.7 Å². The zero-order valence-corrected chi connectivity index (χ0v) is 25.6. The van der Waals surface area contributed by atoms with Gasteiger partial charge in [0.2, 0.25) is 5.88 Å². The lowest BCUT2D eigenvalue weighted by Crippen LogP contribution is -2.47. The summed E-state index contributed by atoms with van der Waals surface area (Å²) in [6.07, 6.45) is 1.37. The molecule has 2 heterocycles. The number of aliphatic imine (C=N–C) groups is 1. The van der Waals surface area contributed by atoms with E-state index in [4.69, 9.17) is 19.2 Å². The fraction of sp³-hybridized carbons (Fsp3) is 0.667. The summed E-state index contributed by atoms with van der Waals surface area (Å²) >= 11 is 4.55. The number of amidine groups is 1. The van der Waals surface area contributed by atoms with E-state index in [2.05, 4.69) is 40.6 Å². The van der Waals surface area contributed by atoms with Gasteiger partial charge in [0, 0.05) is 36.8 Å². The molecule has 3 atom stereocenters. The third-order valence-corrected chi connectivity index (χ3v) is 9.79. The SMILES string of the molecule is COc1ncc(Br)cc1[C@@]1(C)N=C(N(COCC[Si](C)(C)C)C(=O)OC(C)(C)C)S[C@@]2(C(=O)O)C[C@H]21. The Morgan fingerprint density at radius 2 is 2.00 bits per heavy atom. The number of carboxylic acid groups (broad SMARTS) is 1. The summed E-state index contributed by atoms with van der Waals surface area (Å²) in [4.78, 5) is 36.5. The third kappa shape index (κ3) is 6.25. The van der Waals surface area contributed by atoms with Crippen LogP contribution in [0.5, 0.6) is 5.88 Å².